The Kier molecular flexibility index (Phi) is 6.67. The van der Waals surface area contributed by atoms with E-state index < -0.39 is 0 Å². The summed E-state index contributed by atoms with van der Waals surface area (Å²) in [4.78, 5) is 4.33. The van der Waals surface area contributed by atoms with Gasteiger partial charge in [-0.25, -0.2) is 4.98 Å². The number of nitriles is 1. The summed E-state index contributed by atoms with van der Waals surface area (Å²) in [5.74, 6) is 0.709. The van der Waals surface area contributed by atoms with E-state index in [0.717, 1.165) is 24.9 Å². The highest BCUT2D eigenvalue weighted by Crippen LogP contribution is 2.19. The van der Waals surface area contributed by atoms with E-state index in [-0.39, 0.29) is 0 Å². The predicted octanol–water partition coefficient (Wildman–Crippen LogP) is 3.76. The number of nitrogens with zero attached hydrogens (tertiary/aromatic N) is 2. The summed E-state index contributed by atoms with van der Waals surface area (Å²) in [6, 6.07) is 5.34. The fourth-order valence-corrected chi connectivity index (χ4v) is 3.17. The summed E-state index contributed by atoms with van der Waals surface area (Å²) in [5.41, 5.74) is 1.65. The molecule has 0 saturated heterocycles. The molecule has 0 aliphatic heterocycles. The lowest BCUT2D eigenvalue weighted by atomic mass is 9.94. The van der Waals surface area contributed by atoms with Crippen LogP contribution in [0.25, 0.3) is 0 Å². The van der Waals surface area contributed by atoms with Crippen LogP contribution in [0.4, 0.5) is 5.82 Å². The van der Waals surface area contributed by atoms with Crippen molar-refractivity contribution in [3.8, 4) is 6.07 Å². The highest BCUT2D eigenvalue weighted by molar-refractivity contribution is 5.52. The molecule has 1 aliphatic carbocycles. The molecule has 0 aromatic carbocycles. The van der Waals surface area contributed by atoms with Crippen LogP contribution in [0.1, 0.15) is 63.0 Å². The van der Waals surface area contributed by atoms with Crippen molar-refractivity contribution in [1.82, 2.24) is 10.3 Å². The first-order valence-electron chi connectivity index (χ1n) is 8.59. The molecule has 0 radical (unpaired) electrons. The van der Waals surface area contributed by atoms with Crippen molar-refractivity contribution in [1.29, 1.82) is 5.26 Å². The van der Waals surface area contributed by atoms with E-state index in [9.17, 15) is 5.26 Å². The SMILES string of the molecule is CCC(CCNc1ncc(C)cc1C#N)NC1CCCCC1. The van der Waals surface area contributed by atoms with Gasteiger partial charge in [0, 0.05) is 24.8 Å². The molecule has 2 N–H and O–H groups in total. The Hall–Kier alpha value is -1.60. The topological polar surface area (TPSA) is 60.7 Å². The van der Waals surface area contributed by atoms with Gasteiger partial charge < -0.3 is 10.6 Å². The largest absolute Gasteiger partial charge is 0.369 e. The second-order valence-electron chi connectivity index (χ2n) is 6.34. The smallest absolute Gasteiger partial charge is 0.143 e. The van der Waals surface area contributed by atoms with Crippen LogP contribution in [-0.4, -0.2) is 23.6 Å². The minimum Gasteiger partial charge on any atom is -0.369 e. The average molecular weight is 300 g/mol. The predicted molar refractivity (Wildman–Crippen MR) is 90.9 cm³/mol. The molecule has 0 bridgehead atoms. The first kappa shape index (κ1) is 16.8. The van der Waals surface area contributed by atoms with E-state index in [0.29, 0.717) is 23.5 Å². The number of hydrogen-bond donors (Lipinski definition) is 2. The molecule has 1 saturated carbocycles. The highest BCUT2D eigenvalue weighted by atomic mass is 15.0. The zero-order chi connectivity index (χ0) is 15.8. The van der Waals surface area contributed by atoms with Crippen LogP contribution in [0.2, 0.25) is 0 Å². The first-order chi connectivity index (χ1) is 10.7. The second-order valence-corrected chi connectivity index (χ2v) is 6.34. The summed E-state index contributed by atoms with van der Waals surface area (Å²) >= 11 is 0. The second kappa shape index (κ2) is 8.75. The Morgan fingerprint density at radius 2 is 2.14 bits per heavy atom. The molecule has 1 heterocycles. The van der Waals surface area contributed by atoms with Crippen molar-refractivity contribution in [3.05, 3.63) is 23.4 Å². The van der Waals surface area contributed by atoms with Crippen molar-refractivity contribution in [3.63, 3.8) is 0 Å². The van der Waals surface area contributed by atoms with Gasteiger partial charge in [-0.1, -0.05) is 26.2 Å². The van der Waals surface area contributed by atoms with Crippen molar-refractivity contribution in [2.24, 2.45) is 0 Å². The van der Waals surface area contributed by atoms with Gasteiger partial charge in [-0.05, 0) is 44.2 Å². The molecule has 1 aromatic heterocycles. The van der Waals surface area contributed by atoms with Gasteiger partial charge in [0.1, 0.15) is 11.9 Å². The van der Waals surface area contributed by atoms with Crippen LogP contribution < -0.4 is 10.6 Å². The Morgan fingerprint density at radius 3 is 2.82 bits per heavy atom. The molecular formula is C18H28N4. The molecule has 0 amide bonds. The maximum absolute atomic E-state index is 9.17. The lowest BCUT2D eigenvalue weighted by Gasteiger charge is -2.28. The molecule has 1 aliphatic rings. The molecule has 22 heavy (non-hydrogen) atoms. The first-order valence-corrected chi connectivity index (χ1v) is 8.59. The Morgan fingerprint density at radius 1 is 1.36 bits per heavy atom. The van der Waals surface area contributed by atoms with Gasteiger partial charge in [0.15, 0.2) is 0 Å². The van der Waals surface area contributed by atoms with Gasteiger partial charge in [-0.15, -0.1) is 0 Å². The Balaban J connectivity index is 1.80. The van der Waals surface area contributed by atoms with Crippen molar-refractivity contribution in [2.75, 3.05) is 11.9 Å². The lowest BCUT2D eigenvalue weighted by molar-refractivity contribution is 0.325. The monoisotopic (exact) mass is 300 g/mol. The van der Waals surface area contributed by atoms with Crippen LogP contribution in [-0.2, 0) is 0 Å². The summed E-state index contributed by atoms with van der Waals surface area (Å²) in [5, 5.41) is 16.3. The quantitative estimate of drug-likeness (QED) is 0.805. The van der Waals surface area contributed by atoms with E-state index in [1.54, 1.807) is 6.20 Å². The molecule has 4 nitrogen and oxygen atoms in total. The van der Waals surface area contributed by atoms with E-state index in [1.807, 2.05) is 13.0 Å². The minimum atomic E-state index is 0.548. The molecule has 2 rings (SSSR count). The number of aromatic nitrogens is 1. The number of pyridine rings is 1. The zero-order valence-corrected chi connectivity index (χ0v) is 13.9. The van der Waals surface area contributed by atoms with Crippen LogP contribution in [0.3, 0.4) is 0 Å². The van der Waals surface area contributed by atoms with Gasteiger partial charge in [0.05, 0.1) is 5.56 Å². The number of nitrogens with one attached hydrogen (secondary N) is 2. The van der Waals surface area contributed by atoms with Crippen LogP contribution in [0.15, 0.2) is 12.3 Å². The molecular weight excluding hydrogens is 272 g/mol. The molecule has 1 atom stereocenters. The third-order valence-electron chi connectivity index (χ3n) is 4.50. The number of anilines is 1. The third-order valence-corrected chi connectivity index (χ3v) is 4.50. The molecule has 4 heteroatoms. The van der Waals surface area contributed by atoms with Crippen molar-refractivity contribution < 1.29 is 0 Å². The maximum atomic E-state index is 9.17. The van der Waals surface area contributed by atoms with E-state index in [2.05, 4.69) is 28.6 Å². The van der Waals surface area contributed by atoms with Gasteiger partial charge in [0.2, 0.25) is 0 Å². The molecule has 1 fully saturated rings. The van der Waals surface area contributed by atoms with E-state index in [4.69, 9.17) is 0 Å². The van der Waals surface area contributed by atoms with E-state index in [1.165, 1.54) is 32.1 Å². The third kappa shape index (κ3) is 4.99. The van der Waals surface area contributed by atoms with Crippen LogP contribution in [0, 0.1) is 18.3 Å². The maximum Gasteiger partial charge on any atom is 0.143 e. The Labute approximate surface area is 134 Å². The average Bonchev–Trinajstić information content (AvgIpc) is 2.56. The van der Waals surface area contributed by atoms with Crippen LogP contribution in [0.5, 0.6) is 0 Å². The Bertz CT molecular complexity index is 500. The molecule has 0 spiro atoms. The van der Waals surface area contributed by atoms with Gasteiger partial charge in [-0.2, -0.15) is 5.26 Å². The van der Waals surface area contributed by atoms with Crippen molar-refractivity contribution in [2.45, 2.75) is 70.9 Å². The van der Waals surface area contributed by atoms with Crippen molar-refractivity contribution >= 4 is 5.82 Å². The van der Waals surface area contributed by atoms with E-state index >= 15 is 0 Å². The fraction of sp³-hybridized carbons (Fsp3) is 0.667. The normalized spacial score (nSPS) is 17.0. The molecule has 120 valence electrons. The zero-order valence-electron chi connectivity index (χ0n) is 13.9. The molecule has 1 aromatic rings. The summed E-state index contributed by atoms with van der Waals surface area (Å²) in [6.07, 6.45) is 10.8. The number of aryl methyl sites for hydroxylation is 1. The van der Waals surface area contributed by atoms with Gasteiger partial charge >= 0.3 is 0 Å². The summed E-state index contributed by atoms with van der Waals surface area (Å²) < 4.78 is 0. The standard InChI is InChI=1S/C18H28N4/c1-3-16(22-17-7-5-4-6-8-17)9-10-20-18-15(12-19)11-14(2)13-21-18/h11,13,16-17,22H,3-10H2,1-2H3,(H,20,21). The van der Waals surface area contributed by atoms with Gasteiger partial charge in [-0.3, -0.25) is 0 Å². The van der Waals surface area contributed by atoms with Gasteiger partial charge in [0.25, 0.3) is 0 Å². The summed E-state index contributed by atoms with van der Waals surface area (Å²) in [6.45, 7) is 5.05. The number of hydrogen-bond acceptors (Lipinski definition) is 4. The molecule has 1 unspecified atom stereocenters. The van der Waals surface area contributed by atoms with Crippen LogP contribution >= 0.6 is 0 Å². The summed E-state index contributed by atoms with van der Waals surface area (Å²) in [7, 11) is 0. The number of rotatable bonds is 7. The fourth-order valence-electron chi connectivity index (χ4n) is 3.17. The minimum absolute atomic E-state index is 0.548. The highest BCUT2D eigenvalue weighted by Gasteiger charge is 2.16. The lowest BCUT2D eigenvalue weighted by Crippen LogP contribution is -2.40.